The molecule has 100 valence electrons. The highest BCUT2D eigenvalue weighted by molar-refractivity contribution is 7.99. The Morgan fingerprint density at radius 1 is 1.44 bits per heavy atom. The van der Waals surface area contributed by atoms with Gasteiger partial charge in [0, 0.05) is 22.8 Å². The third-order valence-corrected chi connectivity index (χ3v) is 5.65. The standard InChI is InChI=1S/C13H19NO2S2/c15-13(16)7-6-10-8-18-12(14-10)9-17-11-4-2-1-3-5-11/h8,11H,1-7,9H2,(H,15,16). The maximum absolute atomic E-state index is 10.5. The molecule has 0 aromatic carbocycles. The number of thioether (sulfide) groups is 1. The van der Waals surface area contributed by atoms with Crippen molar-refractivity contribution in [3.8, 4) is 0 Å². The van der Waals surface area contributed by atoms with Crippen LogP contribution in [0.4, 0.5) is 0 Å². The fourth-order valence-electron chi connectivity index (χ4n) is 2.19. The lowest BCUT2D eigenvalue weighted by atomic mass is 10.0. The molecular formula is C13H19NO2S2. The number of aryl methyl sites for hydroxylation is 1. The molecule has 1 N–H and O–H groups in total. The Morgan fingerprint density at radius 3 is 2.94 bits per heavy atom. The first-order chi connectivity index (χ1) is 8.74. The second kappa shape index (κ2) is 7.14. The van der Waals surface area contributed by atoms with Crippen LogP contribution in [0, 0.1) is 0 Å². The fraction of sp³-hybridized carbons (Fsp3) is 0.692. The van der Waals surface area contributed by atoms with E-state index >= 15 is 0 Å². The van der Waals surface area contributed by atoms with Crippen molar-refractivity contribution < 1.29 is 9.90 Å². The van der Waals surface area contributed by atoms with Crippen LogP contribution in [0.25, 0.3) is 0 Å². The van der Waals surface area contributed by atoms with Crippen LogP contribution in [0.2, 0.25) is 0 Å². The van der Waals surface area contributed by atoms with Gasteiger partial charge < -0.3 is 5.11 Å². The van der Waals surface area contributed by atoms with Crippen LogP contribution in [-0.4, -0.2) is 21.3 Å². The molecule has 1 aromatic rings. The summed E-state index contributed by atoms with van der Waals surface area (Å²) in [5.41, 5.74) is 0.932. The molecule has 0 bridgehead atoms. The lowest BCUT2D eigenvalue weighted by Gasteiger charge is -2.20. The molecule has 0 aliphatic heterocycles. The van der Waals surface area contributed by atoms with Crippen LogP contribution in [0.1, 0.15) is 49.2 Å². The average molecular weight is 285 g/mol. The van der Waals surface area contributed by atoms with Crippen LogP contribution in [-0.2, 0) is 17.0 Å². The Bertz CT molecular complexity index is 386. The van der Waals surface area contributed by atoms with Crippen LogP contribution in [0.15, 0.2) is 5.38 Å². The van der Waals surface area contributed by atoms with Crippen LogP contribution in [0.5, 0.6) is 0 Å². The van der Waals surface area contributed by atoms with E-state index in [-0.39, 0.29) is 6.42 Å². The molecule has 0 amide bonds. The predicted octanol–water partition coefficient (Wildman–Crippen LogP) is 3.73. The molecule has 5 heteroatoms. The molecule has 0 saturated heterocycles. The minimum atomic E-state index is -0.749. The highest BCUT2D eigenvalue weighted by Crippen LogP contribution is 2.31. The van der Waals surface area contributed by atoms with Gasteiger partial charge in [0.25, 0.3) is 0 Å². The predicted molar refractivity (Wildman–Crippen MR) is 76.2 cm³/mol. The SMILES string of the molecule is O=C(O)CCc1csc(CSC2CCCCC2)n1. The third-order valence-electron chi connectivity index (χ3n) is 3.19. The summed E-state index contributed by atoms with van der Waals surface area (Å²) in [7, 11) is 0. The van der Waals surface area contributed by atoms with Gasteiger partial charge in [-0.05, 0) is 12.8 Å². The molecule has 18 heavy (non-hydrogen) atoms. The van der Waals surface area contributed by atoms with Gasteiger partial charge in [-0.1, -0.05) is 19.3 Å². The van der Waals surface area contributed by atoms with Crippen molar-refractivity contribution in [2.24, 2.45) is 0 Å². The quantitative estimate of drug-likeness (QED) is 0.865. The Balaban J connectivity index is 1.73. The van der Waals surface area contributed by atoms with Crippen molar-refractivity contribution in [1.82, 2.24) is 4.98 Å². The summed E-state index contributed by atoms with van der Waals surface area (Å²) in [6, 6.07) is 0. The second-order valence-electron chi connectivity index (χ2n) is 4.70. The van der Waals surface area contributed by atoms with E-state index in [4.69, 9.17) is 5.11 Å². The number of aromatic nitrogens is 1. The lowest BCUT2D eigenvalue weighted by molar-refractivity contribution is -0.136. The number of rotatable bonds is 6. The zero-order chi connectivity index (χ0) is 12.8. The number of carbonyl (C=O) groups is 1. The molecular weight excluding hydrogens is 266 g/mol. The van der Waals surface area contributed by atoms with E-state index in [1.165, 1.54) is 32.1 Å². The highest BCUT2D eigenvalue weighted by atomic mass is 32.2. The monoisotopic (exact) mass is 285 g/mol. The van der Waals surface area contributed by atoms with E-state index < -0.39 is 5.97 Å². The van der Waals surface area contributed by atoms with Crippen LogP contribution < -0.4 is 0 Å². The number of hydrogen-bond donors (Lipinski definition) is 1. The van der Waals surface area contributed by atoms with Crippen molar-refractivity contribution in [3.05, 3.63) is 16.1 Å². The summed E-state index contributed by atoms with van der Waals surface area (Å²) in [4.78, 5) is 15.0. The van der Waals surface area contributed by atoms with Crippen LogP contribution >= 0.6 is 23.1 Å². The van der Waals surface area contributed by atoms with Gasteiger partial charge in [0.1, 0.15) is 5.01 Å². The third kappa shape index (κ3) is 4.61. The molecule has 1 heterocycles. The number of carboxylic acid groups (broad SMARTS) is 1. The number of nitrogens with zero attached hydrogens (tertiary/aromatic N) is 1. The van der Waals surface area contributed by atoms with Crippen LogP contribution in [0.3, 0.4) is 0 Å². The molecule has 0 radical (unpaired) electrons. The van der Waals surface area contributed by atoms with Crippen molar-refractivity contribution in [2.75, 3.05) is 0 Å². The van der Waals surface area contributed by atoms with Gasteiger partial charge in [0.15, 0.2) is 0 Å². The van der Waals surface area contributed by atoms with Gasteiger partial charge >= 0.3 is 5.97 Å². The van der Waals surface area contributed by atoms with E-state index in [2.05, 4.69) is 4.98 Å². The van der Waals surface area contributed by atoms with Crippen molar-refractivity contribution >= 4 is 29.1 Å². The van der Waals surface area contributed by atoms with Gasteiger partial charge in [0.2, 0.25) is 0 Å². The Morgan fingerprint density at radius 2 is 2.22 bits per heavy atom. The Hall–Kier alpha value is -0.550. The van der Waals surface area contributed by atoms with E-state index in [0.717, 1.165) is 21.7 Å². The molecule has 1 saturated carbocycles. The Kier molecular flexibility index (Phi) is 5.50. The lowest BCUT2D eigenvalue weighted by Crippen LogP contribution is -2.08. The minimum absolute atomic E-state index is 0.180. The van der Waals surface area contributed by atoms with Gasteiger partial charge in [0.05, 0.1) is 12.1 Å². The number of thiazole rings is 1. The van der Waals surface area contributed by atoms with E-state index in [0.29, 0.717) is 6.42 Å². The molecule has 0 atom stereocenters. The fourth-order valence-corrected chi connectivity index (χ4v) is 4.38. The van der Waals surface area contributed by atoms with E-state index in [1.807, 2.05) is 17.1 Å². The first-order valence-electron chi connectivity index (χ1n) is 6.50. The zero-order valence-corrected chi connectivity index (χ0v) is 12.1. The molecule has 2 rings (SSSR count). The maximum Gasteiger partial charge on any atom is 0.303 e. The van der Waals surface area contributed by atoms with Crippen molar-refractivity contribution in [2.45, 2.75) is 55.9 Å². The van der Waals surface area contributed by atoms with E-state index in [1.54, 1.807) is 11.3 Å². The summed E-state index contributed by atoms with van der Waals surface area (Å²) in [5, 5.41) is 12.6. The summed E-state index contributed by atoms with van der Waals surface area (Å²) in [6.07, 6.45) is 7.58. The first-order valence-corrected chi connectivity index (χ1v) is 8.43. The molecule has 0 unspecified atom stereocenters. The molecule has 3 nitrogen and oxygen atoms in total. The number of carboxylic acids is 1. The van der Waals surface area contributed by atoms with Gasteiger partial charge in [-0.3, -0.25) is 4.79 Å². The average Bonchev–Trinajstić information content (AvgIpc) is 2.83. The van der Waals surface area contributed by atoms with Gasteiger partial charge in [-0.25, -0.2) is 4.98 Å². The largest absolute Gasteiger partial charge is 0.481 e. The molecule has 1 aromatic heterocycles. The second-order valence-corrected chi connectivity index (χ2v) is 6.93. The van der Waals surface area contributed by atoms with Gasteiger partial charge in [-0.15, -0.1) is 11.3 Å². The molecule has 1 aliphatic carbocycles. The summed E-state index contributed by atoms with van der Waals surface area (Å²) >= 11 is 3.68. The highest BCUT2D eigenvalue weighted by Gasteiger charge is 2.14. The smallest absolute Gasteiger partial charge is 0.303 e. The van der Waals surface area contributed by atoms with E-state index in [9.17, 15) is 4.79 Å². The maximum atomic E-state index is 10.5. The normalized spacial score (nSPS) is 16.9. The summed E-state index contributed by atoms with van der Waals surface area (Å²) in [5.74, 6) is 0.240. The van der Waals surface area contributed by atoms with Gasteiger partial charge in [-0.2, -0.15) is 11.8 Å². The topological polar surface area (TPSA) is 50.2 Å². The number of aliphatic carboxylic acids is 1. The Labute approximate surface area is 116 Å². The molecule has 0 spiro atoms. The molecule has 1 fully saturated rings. The van der Waals surface area contributed by atoms with Crippen molar-refractivity contribution in [1.29, 1.82) is 0 Å². The zero-order valence-electron chi connectivity index (χ0n) is 10.4. The number of hydrogen-bond acceptors (Lipinski definition) is 4. The summed E-state index contributed by atoms with van der Waals surface area (Å²) < 4.78 is 0. The molecule has 1 aliphatic rings. The summed E-state index contributed by atoms with van der Waals surface area (Å²) in [6.45, 7) is 0. The van der Waals surface area contributed by atoms with Crippen molar-refractivity contribution in [3.63, 3.8) is 0 Å². The minimum Gasteiger partial charge on any atom is -0.481 e. The first kappa shape index (κ1) is 13.9.